The molecular formula is C16H24N2O3. The lowest BCUT2D eigenvalue weighted by molar-refractivity contribution is -0.132. The highest BCUT2D eigenvalue weighted by Crippen LogP contribution is 2.25. The normalized spacial score (nSPS) is 14.0. The number of carbonyl (C=O) groups excluding carboxylic acids is 1. The monoisotopic (exact) mass is 292 g/mol. The Labute approximate surface area is 126 Å². The van der Waals surface area contributed by atoms with Crippen molar-refractivity contribution in [2.45, 2.75) is 25.4 Å². The summed E-state index contributed by atoms with van der Waals surface area (Å²) in [7, 11) is 3.54. The maximum absolute atomic E-state index is 11.8. The fourth-order valence-corrected chi connectivity index (χ4v) is 2.02. The first-order valence-corrected chi connectivity index (χ1v) is 7.37. The first kappa shape index (κ1) is 15.8. The Morgan fingerprint density at radius 2 is 2.05 bits per heavy atom. The summed E-state index contributed by atoms with van der Waals surface area (Å²) in [5.41, 5.74) is 1.18. The van der Waals surface area contributed by atoms with Gasteiger partial charge in [-0.1, -0.05) is 12.1 Å². The highest BCUT2D eigenvalue weighted by Gasteiger charge is 2.29. The van der Waals surface area contributed by atoms with Crippen molar-refractivity contribution in [3.63, 3.8) is 0 Å². The summed E-state index contributed by atoms with van der Waals surface area (Å²) in [5.74, 6) is 0.774. The minimum atomic E-state index is 0.0443. The van der Waals surface area contributed by atoms with Crippen LogP contribution in [0.5, 0.6) is 5.75 Å². The molecule has 116 valence electrons. The zero-order valence-electron chi connectivity index (χ0n) is 12.8. The van der Waals surface area contributed by atoms with Crippen molar-refractivity contribution >= 4 is 5.91 Å². The Hall–Kier alpha value is -1.59. The van der Waals surface area contributed by atoms with Crippen molar-refractivity contribution in [1.82, 2.24) is 10.2 Å². The predicted octanol–water partition coefficient (Wildman–Crippen LogP) is 1.42. The molecule has 0 aromatic heterocycles. The van der Waals surface area contributed by atoms with E-state index in [2.05, 4.69) is 5.32 Å². The van der Waals surface area contributed by atoms with E-state index in [1.54, 1.807) is 12.0 Å². The number of methoxy groups -OCH3 is 1. The number of hydrogen-bond acceptors (Lipinski definition) is 4. The molecule has 1 aliphatic rings. The molecule has 0 atom stereocenters. The number of nitrogens with zero attached hydrogens (tertiary/aromatic N) is 1. The smallest absolute Gasteiger partial charge is 0.260 e. The molecule has 0 bridgehead atoms. The van der Waals surface area contributed by atoms with Crippen LogP contribution in [0.15, 0.2) is 24.3 Å². The fraction of sp³-hybridized carbons (Fsp3) is 0.562. The van der Waals surface area contributed by atoms with Crippen molar-refractivity contribution in [1.29, 1.82) is 0 Å². The van der Waals surface area contributed by atoms with Gasteiger partial charge in [-0.3, -0.25) is 4.79 Å². The van der Waals surface area contributed by atoms with Gasteiger partial charge in [0.05, 0.1) is 6.61 Å². The quantitative estimate of drug-likeness (QED) is 0.699. The van der Waals surface area contributed by atoms with E-state index in [9.17, 15) is 4.79 Å². The van der Waals surface area contributed by atoms with E-state index >= 15 is 0 Å². The van der Waals surface area contributed by atoms with Gasteiger partial charge in [-0.05, 0) is 30.5 Å². The lowest BCUT2D eigenvalue weighted by Gasteiger charge is -2.16. The summed E-state index contributed by atoms with van der Waals surface area (Å²) < 4.78 is 10.5. The summed E-state index contributed by atoms with van der Waals surface area (Å²) in [6, 6.07) is 8.24. The van der Waals surface area contributed by atoms with Crippen LogP contribution in [0.3, 0.4) is 0 Å². The summed E-state index contributed by atoms with van der Waals surface area (Å²) in [6.07, 6.45) is 2.24. The molecule has 0 heterocycles. The van der Waals surface area contributed by atoms with Crippen LogP contribution in [0.4, 0.5) is 0 Å². The molecule has 1 aliphatic carbocycles. The molecule has 0 saturated heterocycles. The molecule has 21 heavy (non-hydrogen) atoms. The Bertz CT molecular complexity index is 443. The summed E-state index contributed by atoms with van der Waals surface area (Å²) in [5, 5.41) is 3.28. The van der Waals surface area contributed by atoms with Crippen LogP contribution in [0, 0.1) is 0 Å². The van der Waals surface area contributed by atoms with Crippen molar-refractivity contribution in [2.75, 3.05) is 33.9 Å². The molecule has 5 heteroatoms. The average Bonchev–Trinajstić information content (AvgIpc) is 3.34. The second-order valence-electron chi connectivity index (χ2n) is 5.34. The van der Waals surface area contributed by atoms with E-state index in [1.807, 2.05) is 31.3 Å². The van der Waals surface area contributed by atoms with Crippen LogP contribution < -0.4 is 10.1 Å². The Balaban J connectivity index is 1.70. The van der Waals surface area contributed by atoms with Gasteiger partial charge in [0, 0.05) is 33.3 Å². The SMILES string of the molecule is COCCNCc1ccc(OCC(=O)N(C)C2CC2)cc1. The molecular weight excluding hydrogens is 268 g/mol. The van der Waals surface area contributed by atoms with Gasteiger partial charge in [-0.25, -0.2) is 0 Å². The third-order valence-electron chi connectivity index (χ3n) is 3.59. The van der Waals surface area contributed by atoms with Gasteiger partial charge in [0.2, 0.25) is 0 Å². The van der Waals surface area contributed by atoms with Gasteiger partial charge in [0.1, 0.15) is 5.75 Å². The molecule has 0 radical (unpaired) electrons. The predicted molar refractivity (Wildman–Crippen MR) is 81.3 cm³/mol. The second-order valence-corrected chi connectivity index (χ2v) is 5.34. The van der Waals surface area contributed by atoms with E-state index in [4.69, 9.17) is 9.47 Å². The zero-order chi connectivity index (χ0) is 15.1. The van der Waals surface area contributed by atoms with E-state index in [0.29, 0.717) is 12.6 Å². The number of hydrogen-bond donors (Lipinski definition) is 1. The lowest BCUT2D eigenvalue weighted by atomic mass is 10.2. The third kappa shape index (κ3) is 5.36. The number of likely N-dealkylation sites (N-methyl/N-ethyl adjacent to an activating group) is 1. The number of nitrogens with one attached hydrogen (secondary N) is 1. The first-order valence-electron chi connectivity index (χ1n) is 7.37. The summed E-state index contributed by atoms with van der Waals surface area (Å²) in [4.78, 5) is 13.6. The molecule has 1 fully saturated rings. The molecule has 1 aromatic carbocycles. The van der Waals surface area contributed by atoms with Crippen LogP contribution in [0.25, 0.3) is 0 Å². The standard InChI is InChI=1S/C16H24N2O3/c1-18(14-5-6-14)16(19)12-21-15-7-3-13(4-8-15)11-17-9-10-20-2/h3-4,7-8,14,17H,5-6,9-12H2,1-2H3. The molecule has 0 aliphatic heterocycles. The van der Waals surface area contributed by atoms with Crippen LogP contribution in [-0.2, 0) is 16.1 Å². The molecule has 2 rings (SSSR count). The van der Waals surface area contributed by atoms with E-state index in [-0.39, 0.29) is 12.5 Å². The van der Waals surface area contributed by atoms with Gasteiger partial charge in [0.25, 0.3) is 5.91 Å². The Morgan fingerprint density at radius 1 is 1.33 bits per heavy atom. The van der Waals surface area contributed by atoms with Crippen molar-refractivity contribution in [3.05, 3.63) is 29.8 Å². The molecule has 0 spiro atoms. The number of carbonyl (C=O) groups is 1. The number of ether oxygens (including phenoxy) is 2. The van der Waals surface area contributed by atoms with Crippen molar-refractivity contribution in [2.24, 2.45) is 0 Å². The van der Waals surface area contributed by atoms with Crippen molar-refractivity contribution < 1.29 is 14.3 Å². The molecule has 1 N–H and O–H groups in total. The topological polar surface area (TPSA) is 50.8 Å². The largest absolute Gasteiger partial charge is 0.484 e. The van der Waals surface area contributed by atoms with Crippen LogP contribution in [0.1, 0.15) is 18.4 Å². The van der Waals surface area contributed by atoms with Gasteiger partial charge < -0.3 is 19.7 Å². The van der Waals surface area contributed by atoms with Gasteiger partial charge in [-0.2, -0.15) is 0 Å². The molecule has 0 unspecified atom stereocenters. The maximum atomic E-state index is 11.8. The van der Waals surface area contributed by atoms with Gasteiger partial charge in [-0.15, -0.1) is 0 Å². The minimum Gasteiger partial charge on any atom is -0.484 e. The molecule has 1 aromatic rings. The van der Waals surface area contributed by atoms with Crippen LogP contribution >= 0.6 is 0 Å². The fourth-order valence-electron chi connectivity index (χ4n) is 2.02. The maximum Gasteiger partial charge on any atom is 0.260 e. The molecule has 1 saturated carbocycles. The number of benzene rings is 1. The highest BCUT2D eigenvalue weighted by atomic mass is 16.5. The summed E-state index contributed by atoms with van der Waals surface area (Å²) in [6.45, 7) is 2.44. The first-order chi connectivity index (χ1) is 10.2. The average molecular weight is 292 g/mol. The van der Waals surface area contributed by atoms with Gasteiger partial charge in [0.15, 0.2) is 6.61 Å². The minimum absolute atomic E-state index is 0.0443. The Kier molecular flexibility index (Phi) is 6.02. The van der Waals surface area contributed by atoms with Crippen LogP contribution in [-0.4, -0.2) is 50.8 Å². The molecule has 5 nitrogen and oxygen atoms in total. The summed E-state index contributed by atoms with van der Waals surface area (Å²) >= 11 is 0. The number of amides is 1. The third-order valence-corrected chi connectivity index (χ3v) is 3.59. The van der Waals surface area contributed by atoms with Crippen LogP contribution in [0.2, 0.25) is 0 Å². The van der Waals surface area contributed by atoms with E-state index < -0.39 is 0 Å². The van der Waals surface area contributed by atoms with E-state index in [1.165, 1.54) is 5.56 Å². The lowest BCUT2D eigenvalue weighted by Crippen LogP contribution is -2.33. The van der Waals surface area contributed by atoms with Gasteiger partial charge >= 0.3 is 0 Å². The Morgan fingerprint density at radius 3 is 2.67 bits per heavy atom. The second kappa shape index (κ2) is 8.00. The molecule has 1 amide bonds. The zero-order valence-corrected chi connectivity index (χ0v) is 12.8. The highest BCUT2D eigenvalue weighted by molar-refractivity contribution is 5.78. The van der Waals surface area contributed by atoms with E-state index in [0.717, 1.165) is 31.7 Å². The number of rotatable bonds is 9. The van der Waals surface area contributed by atoms with Crippen molar-refractivity contribution in [3.8, 4) is 5.75 Å².